The van der Waals surface area contributed by atoms with E-state index in [2.05, 4.69) is 20.9 Å². The van der Waals surface area contributed by atoms with Gasteiger partial charge in [-0.05, 0) is 67.9 Å². The fourth-order valence-electron chi connectivity index (χ4n) is 3.99. The molecule has 1 N–H and O–H groups in total. The molecule has 2 heterocycles. The molecule has 0 saturated carbocycles. The second kappa shape index (κ2) is 10.6. The van der Waals surface area contributed by atoms with E-state index in [1.807, 2.05) is 38.1 Å². The number of allylic oxidation sites excluding steroid dienone is 1. The molecule has 1 atom stereocenters. The number of halogens is 2. The number of carbonyl (C=O) groups excluding carboxylic acids is 1. The lowest BCUT2D eigenvalue weighted by atomic mass is 9.95. The molecule has 3 aromatic rings. The Kier molecular flexibility index (Phi) is 7.73. The molecule has 0 spiro atoms. The molecular weight excluding hydrogens is 568 g/mol. The standard InChI is InChI=1S/C26H24BrClN2O5S/c1-5-34-25(33)21-14(4)29-26-30(22(21)17-8-6-7-9-19(17)35-13(2)3)24(32)20(36-26)11-15-10-16(28)12-18(27)23(15)31/h6-13,22,31H,5H2,1-4H3/b20-11+/t22-/m0/s1. The van der Waals surface area contributed by atoms with E-state index in [-0.39, 0.29) is 29.6 Å². The van der Waals surface area contributed by atoms with Gasteiger partial charge in [-0.2, -0.15) is 0 Å². The summed E-state index contributed by atoms with van der Waals surface area (Å²) in [6, 6.07) is 9.64. The normalized spacial score (nSPS) is 15.6. The second-order valence-electron chi connectivity index (χ2n) is 8.33. The highest BCUT2D eigenvalue weighted by Crippen LogP contribution is 2.36. The molecule has 1 aliphatic rings. The molecule has 0 bridgehead atoms. The number of ether oxygens (including phenoxy) is 2. The number of nitrogens with zero attached hydrogens (tertiary/aromatic N) is 2. The van der Waals surface area contributed by atoms with E-state index in [9.17, 15) is 14.7 Å². The number of esters is 1. The molecule has 2 aromatic carbocycles. The van der Waals surface area contributed by atoms with Crippen LogP contribution in [0.15, 0.2) is 61.9 Å². The molecule has 10 heteroatoms. The number of phenols is 1. The highest BCUT2D eigenvalue weighted by atomic mass is 79.9. The van der Waals surface area contributed by atoms with E-state index < -0.39 is 12.0 Å². The minimum atomic E-state index is -0.808. The van der Waals surface area contributed by atoms with Gasteiger partial charge in [-0.25, -0.2) is 9.79 Å². The maximum absolute atomic E-state index is 13.8. The Morgan fingerprint density at radius 2 is 2.06 bits per heavy atom. The predicted molar refractivity (Wildman–Crippen MR) is 143 cm³/mol. The number of para-hydroxylation sites is 1. The van der Waals surface area contributed by atoms with Crippen molar-refractivity contribution in [1.82, 2.24) is 4.57 Å². The van der Waals surface area contributed by atoms with Crippen molar-refractivity contribution in [1.29, 1.82) is 0 Å². The van der Waals surface area contributed by atoms with Crippen LogP contribution in [0.3, 0.4) is 0 Å². The summed E-state index contributed by atoms with van der Waals surface area (Å²) >= 11 is 10.6. The molecule has 0 aliphatic carbocycles. The Labute approximate surface area is 225 Å². The molecule has 0 amide bonds. The van der Waals surface area contributed by atoms with Gasteiger partial charge in [-0.15, -0.1) is 0 Å². The zero-order valence-corrected chi connectivity index (χ0v) is 23.2. The predicted octanol–water partition coefficient (Wildman–Crippen LogP) is 4.71. The zero-order valence-electron chi connectivity index (χ0n) is 20.0. The van der Waals surface area contributed by atoms with Gasteiger partial charge < -0.3 is 14.6 Å². The van der Waals surface area contributed by atoms with E-state index in [4.69, 9.17) is 21.1 Å². The van der Waals surface area contributed by atoms with Gasteiger partial charge in [0.1, 0.15) is 17.5 Å². The van der Waals surface area contributed by atoms with Crippen molar-refractivity contribution in [2.75, 3.05) is 6.61 Å². The number of aromatic hydroxyl groups is 1. The van der Waals surface area contributed by atoms with Gasteiger partial charge in [0.15, 0.2) is 4.80 Å². The van der Waals surface area contributed by atoms with Gasteiger partial charge in [0.2, 0.25) is 0 Å². The molecule has 0 fully saturated rings. The average Bonchev–Trinajstić information content (AvgIpc) is 3.11. The quantitative estimate of drug-likeness (QED) is 0.420. The maximum atomic E-state index is 13.8. The van der Waals surface area contributed by atoms with E-state index in [1.54, 1.807) is 32.1 Å². The lowest BCUT2D eigenvalue weighted by Gasteiger charge is -2.26. The zero-order chi connectivity index (χ0) is 26.1. The van der Waals surface area contributed by atoms with Gasteiger partial charge in [-0.1, -0.05) is 41.1 Å². The largest absolute Gasteiger partial charge is 0.506 e. The van der Waals surface area contributed by atoms with E-state index in [1.165, 1.54) is 4.57 Å². The van der Waals surface area contributed by atoms with Crippen molar-refractivity contribution in [3.8, 4) is 11.5 Å². The fourth-order valence-corrected chi connectivity index (χ4v) is 5.86. The maximum Gasteiger partial charge on any atom is 0.338 e. The summed E-state index contributed by atoms with van der Waals surface area (Å²) < 4.78 is 13.6. The summed E-state index contributed by atoms with van der Waals surface area (Å²) in [4.78, 5) is 31.9. The van der Waals surface area contributed by atoms with Crippen LogP contribution in [0.5, 0.6) is 11.5 Å². The van der Waals surface area contributed by atoms with E-state index in [0.717, 1.165) is 11.3 Å². The highest BCUT2D eigenvalue weighted by molar-refractivity contribution is 9.10. The first-order valence-corrected chi connectivity index (χ1v) is 13.2. The minimum absolute atomic E-state index is 0.0409. The van der Waals surface area contributed by atoms with Crippen molar-refractivity contribution < 1.29 is 19.4 Å². The minimum Gasteiger partial charge on any atom is -0.506 e. The van der Waals surface area contributed by atoms with Crippen LogP contribution in [0, 0.1) is 0 Å². The van der Waals surface area contributed by atoms with E-state index >= 15 is 0 Å². The summed E-state index contributed by atoms with van der Waals surface area (Å²) in [6.07, 6.45) is 1.44. The summed E-state index contributed by atoms with van der Waals surface area (Å²) in [6.45, 7) is 7.45. The lowest BCUT2D eigenvalue weighted by molar-refractivity contribution is -0.139. The van der Waals surface area contributed by atoms with Gasteiger partial charge in [0, 0.05) is 16.1 Å². The lowest BCUT2D eigenvalue weighted by Crippen LogP contribution is -2.40. The number of hydrogen-bond acceptors (Lipinski definition) is 7. The van der Waals surface area contributed by atoms with Gasteiger partial charge in [0.25, 0.3) is 5.56 Å². The van der Waals surface area contributed by atoms with Crippen LogP contribution < -0.4 is 19.6 Å². The molecule has 0 radical (unpaired) electrons. The van der Waals surface area contributed by atoms with Crippen LogP contribution in [0.1, 0.15) is 44.9 Å². The smallest absolute Gasteiger partial charge is 0.338 e. The Morgan fingerprint density at radius 1 is 1.33 bits per heavy atom. The fraction of sp³-hybridized carbons (Fsp3) is 0.269. The molecule has 188 valence electrons. The third-order valence-electron chi connectivity index (χ3n) is 5.44. The second-order valence-corrected chi connectivity index (χ2v) is 10.6. The Hall–Kier alpha value is -2.88. The van der Waals surface area contributed by atoms with Crippen LogP contribution >= 0.6 is 38.9 Å². The number of rotatable bonds is 6. The number of thiazole rings is 1. The van der Waals surface area contributed by atoms with E-state index in [0.29, 0.717) is 41.4 Å². The molecule has 0 unspecified atom stereocenters. The number of phenolic OH excluding ortho intramolecular Hbond substituents is 1. The number of hydrogen-bond donors (Lipinski definition) is 1. The number of benzene rings is 2. The molecule has 36 heavy (non-hydrogen) atoms. The van der Waals surface area contributed by atoms with Crippen LogP contribution in [0.25, 0.3) is 6.08 Å². The molecule has 0 saturated heterocycles. The SMILES string of the molecule is CCOC(=O)C1=C(C)N=c2s/c(=C/c3cc(Cl)cc(Br)c3O)c(=O)n2[C@H]1c1ccccc1OC(C)C. The van der Waals surface area contributed by atoms with Crippen LogP contribution in [-0.4, -0.2) is 28.4 Å². The van der Waals surface area contributed by atoms with Crippen molar-refractivity contribution in [2.24, 2.45) is 4.99 Å². The Balaban J connectivity index is 2.01. The van der Waals surface area contributed by atoms with Crippen LogP contribution in [0.2, 0.25) is 5.02 Å². The van der Waals surface area contributed by atoms with Gasteiger partial charge in [-0.3, -0.25) is 9.36 Å². The van der Waals surface area contributed by atoms with Crippen LogP contribution in [-0.2, 0) is 9.53 Å². The summed E-state index contributed by atoms with van der Waals surface area (Å²) in [7, 11) is 0. The molecule has 1 aromatic heterocycles. The molecule has 1 aliphatic heterocycles. The summed E-state index contributed by atoms with van der Waals surface area (Å²) in [5.41, 5.74) is 1.38. The number of aromatic nitrogens is 1. The first-order valence-electron chi connectivity index (χ1n) is 11.3. The third-order valence-corrected chi connectivity index (χ3v) is 7.24. The summed E-state index contributed by atoms with van der Waals surface area (Å²) in [5.74, 6) is -0.0327. The highest BCUT2D eigenvalue weighted by Gasteiger charge is 2.35. The summed E-state index contributed by atoms with van der Waals surface area (Å²) in [5, 5.41) is 10.9. The molecular formula is C26H24BrClN2O5S. The average molecular weight is 592 g/mol. The van der Waals surface area contributed by atoms with Crippen molar-refractivity contribution >= 4 is 50.9 Å². The van der Waals surface area contributed by atoms with Gasteiger partial charge in [0.05, 0.1) is 33.0 Å². The monoisotopic (exact) mass is 590 g/mol. The topological polar surface area (TPSA) is 90.1 Å². The number of carbonyl (C=O) groups is 1. The van der Waals surface area contributed by atoms with Crippen molar-refractivity contribution in [3.05, 3.63) is 88.0 Å². The third kappa shape index (κ3) is 5.00. The van der Waals surface area contributed by atoms with Crippen LogP contribution in [0.4, 0.5) is 0 Å². The first kappa shape index (κ1) is 26.2. The first-order chi connectivity index (χ1) is 17.1. The molecule has 4 rings (SSSR count). The Bertz CT molecular complexity index is 1560. The van der Waals surface area contributed by atoms with Crippen molar-refractivity contribution in [2.45, 2.75) is 39.8 Å². The van der Waals surface area contributed by atoms with Crippen molar-refractivity contribution in [3.63, 3.8) is 0 Å². The Morgan fingerprint density at radius 3 is 2.75 bits per heavy atom. The van der Waals surface area contributed by atoms with Gasteiger partial charge >= 0.3 is 5.97 Å². The molecule has 7 nitrogen and oxygen atoms in total. The number of fused-ring (bicyclic) bond motifs is 1.